The standard InChI is InChI=1S/C28H30F5N3O4/c1-14-10-11-19(12-15(14)2)36-25(38)22(16(3)35-36)24(27(29,30)28(31,32)33)34-21-9-5-8-20(23(21)37)17-6-4-7-18(13-17)26(39)40/h5,8-12,17-18,24,34-35,37H,4,6-7,13H2,1-3H3,(H,39,40). The summed E-state index contributed by atoms with van der Waals surface area (Å²) in [6, 6.07) is 5.95. The van der Waals surface area contributed by atoms with Gasteiger partial charge in [-0.05, 0) is 80.8 Å². The molecule has 4 N–H and O–H groups in total. The first kappa shape index (κ1) is 29.2. The normalized spacial score (nSPS) is 18.9. The lowest BCUT2D eigenvalue weighted by Gasteiger charge is -2.31. The van der Waals surface area contributed by atoms with Crippen molar-refractivity contribution in [1.82, 2.24) is 9.78 Å². The Morgan fingerprint density at radius 1 is 1.07 bits per heavy atom. The number of hydrogen-bond acceptors (Lipinski definition) is 4. The van der Waals surface area contributed by atoms with Gasteiger partial charge in [0.15, 0.2) is 0 Å². The Labute approximate surface area is 226 Å². The van der Waals surface area contributed by atoms with E-state index < -0.39 is 58.5 Å². The number of rotatable bonds is 7. The van der Waals surface area contributed by atoms with Crippen LogP contribution in [0.3, 0.4) is 0 Å². The second kappa shape index (κ2) is 10.6. The van der Waals surface area contributed by atoms with E-state index in [2.05, 4.69) is 10.4 Å². The second-order valence-electron chi connectivity index (χ2n) is 10.4. The number of aliphatic carboxylic acids is 1. The molecule has 2 aromatic carbocycles. The predicted molar refractivity (Wildman–Crippen MR) is 138 cm³/mol. The lowest BCUT2D eigenvalue weighted by atomic mass is 9.77. The molecule has 0 spiro atoms. The van der Waals surface area contributed by atoms with Crippen LogP contribution in [-0.2, 0) is 4.79 Å². The van der Waals surface area contributed by atoms with Gasteiger partial charge in [-0.25, -0.2) is 4.68 Å². The Morgan fingerprint density at radius 2 is 1.77 bits per heavy atom. The molecule has 7 nitrogen and oxygen atoms in total. The van der Waals surface area contributed by atoms with E-state index in [9.17, 15) is 33.0 Å². The number of aryl methyl sites for hydroxylation is 3. The van der Waals surface area contributed by atoms with Crippen LogP contribution in [0.15, 0.2) is 41.2 Å². The lowest BCUT2D eigenvalue weighted by molar-refractivity contribution is -0.288. The van der Waals surface area contributed by atoms with Crippen LogP contribution >= 0.6 is 0 Å². The van der Waals surface area contributed by atoms with E-state index in [1.54, 1.807) is 19.1 Å². The van der Waals surface area contributed by atoms with Gasteiger partial charge in [-0.3, -0.25) is 14.7 Å². The number of benzene rings is 2. The zero-order valence-corrected chi connectivity index (χ0v) is 22.1. The minimum atomic E-state index is -6.03. The van der Waals surface area contributed by atoms with Crippen LogP contribution in [-0.4, -0.2) is 38.1 Å². The third kappa shape index (κ3) is 5.31. The predicted octanol–water partition coefficient (Wildman–Crippen LogP) is 6.51. The van der Waals surface area contributed by atoms with Crippen LogP contribution in [0.25, 0.3) is 5.69 Å². The number of hydrogen-bond donors (Lipinski definition) is 4. The number of carboxylic acids is 1. The fourth-order valence-electron chi connectivity index (χ4n) is 5.31. The number of aromatic amines is 1. The van der Waals surface area contributed by atoms with Crippen LogP contribution < -0.4 is 10.9 Å². The highest BCUT2D eigenvalue weighted by molar-refractivity contribution is 5.70. The molecular formula is C28H30F5N3O4. The quantitative estimate of drug-likeness (QED) is 0.193. The topological polar surface area (TPSA) is 107 Å². The highest BCUT2D eigenvalue weighted by atomic mass is 19.4. The first-order chi connectivity index (χ1) is 18.6. The number of phenolic OH excluding ortho intramolecular Hbond substituents is 1. The third-order valence-corrected chi connectivity index (χ3v) is 7.73. The number of para-hydroxylation sites is 1. The highest BCUT2D eigenvalue weighted by Gasteiger charge is 2.64. The summed E-state index contributed by atoms with van der Waals surface area (Å²) in [5.74, 6) is -8.07. The summed E-state index contributed by atoms with van der Waals surface area (Å²) in [5, 5.41) is 25.1. The number of carboxylic acid groups (broad SMARTS) is 1. The van der Waals surface area contributed by atoms with Gasteiger partial charge < -0.3 is 15.5 Å². The van der Waals surface area contributed by atoms with Crippen LogP contribution in [0.2, 0.25) is 0 Å². The maximum Gasteiger partial charge on any atom is 0.455 e. The van der Waals surface area contributed by atoms with Crippen molar-refractivity contribution in [1.29, 1.82) is 0 Å². The molecule has 1 aromatic heterocycles. The number of alkyl halides is 5. The Hall–Kier alpha value is -3.83. The Bertz CT molecular complexity index is 1480. The van der Waals surface area contributed by atoms with Gasteiger partial charge in [0.05, 0.1) is 22.9 Å². The van der Waals surface area contributed by atoms with Crippen molar-refractivity contribution in [2.45, 2.75) is 70.5 Å². The van der Waals surface area contributed by atoms with E-state index in [0.29, 0.717) is 19.3 Å². The average molecular weight is 568 g/mol. The molecule has 3 unspecified atom stereocenters. The first-order valence-corrected chi connectivity index (χ1v) is 12.8. The van der Waals surface area contributed by atoms with Crippen molar-refractivity contribution in [2.24, 2.45) is 5.92 Å². The Balaban J connectivity index is 1.80. The maximum atomic E-state index is 15.1. The van der Waals surface area contributed by atoms with E-state index in [0.717, 1.165) is 21.9 Å². The number of H-pyrrole nitrogens is 1. The van der Waals surface area contributed by atoms with Crippen LogP contribution in [0.5, 0.6) is 5.75 Å². The van der Waals surface area contributed by atoms with Gasteiger partial charge >= 0.3 is 18.1 Å². The molecule has 1 aliphatic carbocycles. The summed E-state index contributed by atoms with van der Waals surface area (Å²) >= 11 is 0. The number of carbonyl (C=O) groups is 1. The molecule has 0 saturated heterocycles. The van der Waals surface area contributed by atoms with Crippen molar-refractivity contribution >= 4 is 11.7 Å². The molecule has 0 aliphatic heterocycles. The Kier molecular flexibility index (Phi) is 7.75. The molecule has 0 bridgehead atoms. The minimum Gasteiger partial charge on any atom is -0.505 e. The molecule has 12 heteroatoms. The minimum absolute atomic E-state index is 0.187. The first-order valence-electron chi connectivity index (χ1n) is 12.8. The molecule has 3 aromatic rings. The fourth-order valence-corrected chi connectivity index (χ4v) is 5.31. The molecule has 0 radical (unpaired) electrons. The second-order valence-corrected chi connectivity index (χ2v) is 10.4. The number of aromatic hydroxyl groups is 1. The molecule has 40 heavy (non-hydrogen) atoms. The molecule has 1 fully saturated rings. The van der Waals surface area contributed by atoms with Gasteiger partial charge in [0.1, 0.15) is 11.8 Å². The summed E-state index contributed by atoms with van der Waals surface area (Å²) in [6.07, 6.45) is -4.33. The number of aromatic nitrogens is 2. The summed E-state index contributed by atoms with van der Waals surface area (Å²) in [6.45, 7) is 4.82. The molecule has 216 valence electrons. The molecular weight excluding hydrogens is 537 g/mol. The van der Waals surface area contributed by atoms with Crippen LogP contribution in [0.1, 0.15) is 65.6 Å². The highest BCUT2D eigenvalue weighted by Crippen LogP contribution is 2.48. The zero-order valence-electron chi connectivity index (χ0n) is 22.1. The summed E-state index contributed by atoms with van der Waals surface area (Å²) < 4.78 is 72.3. The SMILES string of the molecule is Cc1ccc(-n2[nH]c(C)c(C(Nc3cccc(C4CCCC(C(=O)O)C4)c3O)C(F)(F)C(F)(F)F)c2=O)cc1C. The van der Waals surface area contributed by atoms with Crippen molar-refractivity contribution in [3.05, 3.63) is 74.7 Å². The van der Waals surface area contributed by atoms with E-state index in [4.69, 9.17) is 0 Å². The monoisotopic (exact) mass is 567 g/mol. The van der Waals surface area contributed by atoms with Crippen LogP contribution in [0.4, 0.5) is 27.6 Å². The van der Waals surface area contributed by atoms with Crippen molar-refractivity contribution < 1.29 is 37.0 Å². The van der Waals surface area contributed by atoms with Gasteiger partial charge in [-0.15, -0.1) is 0 Å². The van der Waals surface area contributed by atoms with Crippen LogP contribution in [0, 0.1) is 26.7 Å². The van der Waals surface area contributed by atoms with E-state index in [1.807, 2.05) is 6.92 Å². The zero-order chi connectivity index (χ0) is 29.6. The number of halogens is 5. The number of phenols is 1. The van der Waals surface area contributed by atoms with E-state index in [1.165, 1.54) is 25.1 Å². The summed E-state index contributed by atoms with van der Waals surface area (Å²) in [7, 11) is 0. The molecule has 4 rings (SSSR count). The van der Waals surface area contributed by atoms with E-state index in [-0.39, 0.29) is 23.4 Å². The van der Waals surface area contributed by atoms with Gasteiger partial charge in [-0.1, -0.05) is 24.6 Å². The summed E-state index contributed by atoms with van der Waals surface area (Å²) in [5.41, 5.74) is -0.411. The van der Waals surface area contributed by atoms with Crippen molar-refractivity contribution in [3.8, 4) is 11.4 Å². The van der Waals surface area contributed by atoms with Crippen molar-refractivity contribution in [3.63, 3.8) is 0 Å². The smallest absolute Gasteiger partial charge is 0.455 e. The van der Waals surface area contributed by atoms with Gasteiger partial charge in [0.25, 0.3) is 5.56 Å². The number of nitrogens with zero attached hydrogens (tertiary/aromatic N) is 1. The number of nitrogens with one attached hydrogen (secondary N) is 2. The third-order valence-electron chi connectivity index (χ3n) is 7.73. The number of anilines is 1. The van der Waals surface area contributed by atoms with Gasteiger partial charge in [0, 0.05) is 5.69 Å². The maximum absolute atomic E-state index is 15.1. The molecule has 3 atom stereocenters. The molecule has 1 saturated carbocycles. The van der Waals surface area contributed by atoms with Gasteiger partial charge in [0.2, 0.25) is 0 Å². The van der Waals surface area contributed by atoms with E-state index >= 15 is 8.78 Å². The summed E-state index contributed by atoms with van der Waals surface area (Å²) in [4.78, 5) is 24.9. The fraction of sp³-hybridized carbons (Fsp3) is 0.429. The molecule has 0 amide bonds. The van der Waals surface area contributed by atoms with Gasteiger partial charge in [-0.2, -0.15) is 22.0 Å². The average Bonchev–Trinajstić information content (AvgIpc) is 3.17. The molecule has 1 heterocycles. The van der Waals surface area contributed by atoms with Crippen molar-refractivity contribution in [2.75, 3.05) is 5.32 Å². The largest absolute Gasteiger partial charge is 0.505 e. The Morgan fingerprint density at radius 3 is 2.40 bits per heavy atom. The lowest BCUT2D eigenvalue weighted by Crippen LogP contribution is -2.47. The molecule has 1 aliphatic rings.